The van der Waals surface area contributed by atoms with E-state index in [1.807, 2.05) is 0 Å². The number of aryl methyl sites for hydroxylation is 1. The molecule has 92 valence electrons. The van der Waals surface area contributed by atoms with Gasteiger partial charge in [-0.3, -0.25) is 4.98 Å². The first-order valence-corrected chi connectivity index (χ1v) is 5.14. The van der Waals surface area contributed by atoms with Gasteiger partial charge < -0.3 is 5.11 Å². The van der Waals surface area contributed by atoms with E-state index in [9.17, 15) is 13.6 Å². The molecule has 3 nitrogen and oxygen atoms in total. The second-order valence-electron chi connectivity index (χ2n) is 3.82. The second kappa shape index (κ2) is 4.52. The summed E-state index contributed by atoms with van der Waals surface area (Å²) >= 11 is 0. The third kappa shape index (κ3) is 2.20. The quantitative estimate of drug-likeness (QED) is 0.889. The maximum Gasteiger partial charge on any atom is 0.337 e. The van der Waals surface area contributed by atoms with E-state index >= 15 is 0 Å². The molecule has 1 aromatic heterocycles. The van der Waals surface area contributed by atoms with Crippen molar-refractivity contribution in [3.8, 4) is 11.3 Å². The molecule has 0 saturated heterocycles. The number of aromatic nitrogens is 1. The summed E-state index contributed by atoms with van der Waals surface area (Å²) in [6.45, 7) is 1.66. The number of carboxylic acids is 1. The van der Waals surface area contributed by atoms with Crippen molar-refractivity contribution in [1.82, 2.24) is 4.98 Å². The number of hydrogen-bond donors (Lipinski definition) is 1. The van der Waals surface area contributed by atoms with Gasteiger partial charge in [-0.15, -0.1) is 0 Å². The zero-order valence-corrected chi connectivity index (χ0v) is 9.45. The maximum atomic E-state index is 13.1. The molecule has 18 heavy (non-hydrogen) atoms. The van der Waals surface area contributed by atoms with Gasteiger partial charge in [-0.05, 0) is 36.8 Å². The summed E-state index contributed by atoms with van der Waals surface area (Å²) in [4.78, 5) is 14.7. The molecule has 0 radical (unpaired) electrons. The van der Waals surface area contributed by atoms with E-state index in [2.05, 4.69) is 4.98 Å². The summed E-state index contributed by atoms with van der Waals surface area (Å²) in [6, 6.07) is 4.88. The van der Waals surface area contributed by atoms with Crippen LogP contribution in [0.2, 0.25) is 0 Å². The van der Waals surface area contributed by atoms with Gasteiger partial charge in [0.2, 0.25) is 0 Å². The summed E-state index contributed by atoms with van der Waals surface area (Å²) < 4.78 is 25.9. The van der Waals surface area contributed by atoms with Crippen LogP contribution < -0.4 is 0 Å². The van der Waals surface area contributed by atoms with Crippen molar-refractivity contribution in [3.05, 3.63) is 53.2 Å². The predicted molar refractivity (Wildman–Crippen MR) is 61.3 cm³/mol. The smallest absolute Gasteiger partial charge is 0.337 e. The number of carboxylic acid groups (broad SMARTS) is 1. The predicted octanol–water partition coefficient (Wildman–Crippen LogP) is 3.03. The number of benzene rings is 1. The Morgan fingerprint density at radius 2 is 1.94 bits per heavy atom. The summed E-state index contributed by atoms with van der Waals surface area (Å²) in [6.07, 6.45) is 1.19. The van der Waals surface area contributed by atoms with Crippen LogP contribution >= 0.6 is 0 Å². The Labute approximate surface area is 102 Å². The van der Waals surface area contributed by atoms with Gasteiger partial charge in [0.1, 0.15) is 0 Å². The summed E-state index contributed by atoms with van der Waals surface area (Å²) in [5.41, 5.74) is 1.47. The summed E-state index contributed by atoms with van der Waals surface area (Å²) in [5.74, 6) is -2.97. The molecule has 0 bridgehead atoms. The summed E-state index contributed by atoms with van der Waals surface area (Å²) in [7, 11) is 0. The SMILES string of the molecule is Cc1cc(C(=O)O)cnc1-c1ccc(F)c(F)c1. The largest absolute Gasteiger partial charge is 0.478 e. The van der Waals surface area contributed by atoms with Gasteiger partial charge in [0.15, 0.2) is 11.6 Å². The van der Waals surface area contributed by atoms with Crippen molar-refractivity contribution in [2.45, 2.75) is 6.92 Å². The molecule has 0 aliphatic carbocycles. The highest BCUT2D eigenvalue weighted by atomic mass is 19.2. The number of aromatic carboxylic acids is 1. The average molecular weight is 249 g/mol. The molecule has 0 aliphatic rings. The number of rotatable bonds is 2. The molecule has 1 heterocycles. The van der Waals surface area contributed by atoms with E-state index in [1.54, 1.807) is 6.92 Å². The topological polar surface area (TPSA) is 50.2 Å². The summed E-state index contributed by atoms with van der Waals surface area (Å²) in [5, 5.41) is 8.80. The van der Waals surface area contributed by atoms with Crippen molar-refractivity contribution in [2.24, 2.45) is 0 Å². The van der Waals surface area contributed by atoms with Crippen LogP contribution in [0.5, 0.6) is 0 Å². The van der Waals surface area contributed by atoms with Crippen LogP contribution in [-0.4, -0.2) is 16.1 Å². The van der Waals surface area contributed by atoms with Crippen molar-refractivity contribution in [2.75, 3.05) is 0 Å². The fourth-order valence-corrected chi connectivity index (χ4v) is 1.64. The molecule has 2 rings (SSSR count). The van der Waals surface area contributed by atoms with Gasteiger partial charge in [-0.25, -0.2) is 13.6 Å². The van der Waals surface area contributed by atoms with Crippen LogP contribution in [0, 0.1) is 18.6 Å². The Bertz CT molecular complexity index is 626. The molecule has 1 aromatic carbocycles. The lowest BCUT2D eigenvalue weighted by atomic mass is 10.0. The molecule has 0 spiro atoms. The Kier molecular flexibility index (Phi) is 3.06. The lowest BCUT2D eigenvalue weighted by Crippen LogP contribution is -2.00. The minimum absolute atomic E-state index is 0.0545. The Balaban J connectivity index is 2.51. The van der Waals surface area contributed by atoms with Gasteiger partial charge in [0, 0.05) is 11.8 Å². The van der Waals surface area contributed by atoms with E-state index in [0.717, 1.165) is 12.1 Å². The fraction of sp³-hybridized carbons (Fsp3) is 0.0769. The van der Waals surface area contributed by atoms with Gasteiger partial charge in [0.25, 0.3) is 0 Å². The van der Waals surface area contributed by atoms with Crippen LogP contribution in [0.1, 0.15) is 15.9 Å². The third-order valence-electron chi connectivity index (χ3n) is 2.52. The highest BCUT2D eigenvalue weighted by Crippen LogP contribution is 2.23. The molecule has 5 heteroatoms. The van der Waals surface area contributed by atoms with E-state index in [0.29, 0.717) is 16.8 Å². The lowest BCUT2D eigenvalue weighted by Gasteiger charge is -2.06. The standard InChI is InChI=1S/C13H9F2NO2/c1-7-4-9(13(17)18)6-16-12(7)8-2-3-10(14)11(15)5-8/h2-6H,1H3,(H,17,18). The number of nitrogens with zero attached hydrogens (tertiary/aromatic N) is 1. The van der Waals surface area contributed by atoms with Gasteiger partial charge in [0.05, 0.1) is 11.3 Å². The van der Waals surface area contributed by atoms with Crippen LogP contribution in [0.4, 0.5) is 8.78 Å². The number of pyridine rings is 1. The number of halogens is 2. The normalized spacial score (nSPS) is 10.4. The van der Waals surface area contributed by atoms with E-state index in [4.69, 9.17) is 5.11 Å². The van der Waals surface area contributed by atoms with Gasteiger partial charge >= 0.3 is 5.97 Å². The Morgan fingerprint density at radius 3 is 2.50 bits per heavy atom. The zero-order chi connectivity index (χ0) is 13.3. The molecule has 0 atom stereocenters. The highest BCUT2D eigenvalue weighted by molar-refractivity contribution is 5.88. The molecular weight excluding hydrogens is 240 g/mol. The maximum absolute atomic E-state index is 13.1. The molecule has 0 saturated carbocycles. The lowest BCUT2D eigenvalue weighted by molar-refractivity contribution is 0.0696. The molecule has 0 unspecified atom stereocenters. The van der Waals surface area contributed by atoms with Crippen LogP contribution in [0.25, 0.3) is 11.3 Å². The fourth-order valence-electron chi connectivity index (χ4n) is 1.64. The van der Waals surface area contributed by atoms with Crippen LogP contribution in [0.3, 0.4) is 0 Å². The first-order chi connectivity index (χ1) is 8.49. The molecule has 0 aliphatic heterocycles. The molecule has 1 N–H and O–H groups in total. The molecule has 0 fully saturated rings. The molecular formula is C13H9F2NO2. The minimum Gasteiger partial charge on any atom is -0.478 e. The van der Waals surface area contributed by atoms with Crippen molar-refractivity contribution < 1.29 is 18.7 Å². The van der Waals surface area contributed by atoms with E-state index in [1.165, 1.54) is 18.3 Å². The van der Waals surface area contributed by atoms with Crippen molar-refractivity contribution in [1.29, 1.82) is 0 Å². The average Bonchev–Trinajstić information content (AvgIpc) is 2.32. The van der Waals surface area contributed by atoms with Crippen LogP contribution in [0.15, 0.2) is 30.5 Å². The first kappa shape index (κ1) is 12.2. The third-order valence-corrected chi connectivity index (χ3v) is 2.52. The van der Waals surface area contributed by atoms with E-state index < -0.39 is 17.6 Å². The second-order valence-corrected chi connectivity index (χ2v) is 3.82. The monoisotopic (exact) mass is 249 g/mol. The molecule has 0 amide bonds. The van der Waals surface area contributed by atoms with E-state index in [-0.39, 0.29) is 5.56 Å². The number of carbonyl (C=O) groups is 1. The Morgan fingerprint density at radius 1 is 1.22 bits per heavy atom. The Hall–Kier alpha value is -2.30. The van der Waals surface area contributed by atoms with Crippen molar-refractivity contribution in [3.63, 3.8) is 0 Å². The van der Waals surface area contributed by atoms with Crippen molar-refractivity contribution >= 4 is 5.97 Å². The first-order valence-electron chi connectivity index (χ1n) is 5.14. The van der Waals surface area contributed by atoms with Gasteiger partial charge in [-0.1, -0.05) is 0 Å². The number of hydrogen-bond acceptors (Lipinski definition) is 2. The highest BCUT2D eigenvalue weighted by Gasteiger charge is 2.10. The van der Waals surface area contributed by atoms with Gasteiger partial charge in [-0.2, -0.15) is 0 Å². The zero-order valence-electron chi connectivity index (χ0n) is 9.45. The van der Waals surface area contributed by atoms with Crippen LogP contribution in [-0.2, 0) is 0 Å². The molecule has 2 aromatic rings. The minimum atomic E-state index is -1.08.